The first-order chi connectivity index (χ1) is 12.0. The average Bonchev–Trinajstić information content (AvgIpc) is 3.16. The van der Waals surface area contributed by atoms with E-state index in [2.05, 4.69) is 5.10 Å². The van der Waals surface area contributed by atoms with Gasteiger partial charge in [0.25, 0.3) is 5.91 Å². The van der Waals surface area contributed by atoms with Crippen LogP contribution in [0.25, 0.3) is 10.8 Å². The van der Waals surface area contributed by atoms with Crippen molar-refractivity contribution in [2.75, 3.05) is 11.4 Å². The molecule has 1 aliphatic heterocycles. The first-order valence-electron chi connectivity index (χ1n) is 7.73. The molecule has 1 aliphatic rings. The summed E-state index contributed by atoms with van der Waals surface area (Å²) in [7, 11) is 0. The van der Waals surface area contributed by atoms with E-state index in [1.165, 1.54) is 10.9 Å². The summed E-state index contributed by atoms with van der Waals surface area (Å²) >= 11 is 0. The smallest absolute Gasteiger partial charge is 0.306 e. The molecule has 25 heavy (non-hydrogen) atoms. The molecule has 1 unspecified atom stereocenters. The minimum atomic E-state index is -0.909. The van der Waals surface area contributed by atoms with Gasteiger partial charge in [0.05, 0.1) is 29.8 Å². The number of hydrogen-bond acceptors (Lipinski definition) is 5. The molecule has 8 heteroatoms. The van der Waals surface area contributed by atoms with Crippen molar-refractivity contribution in [1.82, 2.24) is 9.78 Å². The topological polar surface area (TPSA) is 102 Å². The van der Waals surface area contributed by atoms with E-state index in [0.29, 0.717) is 5.56 Å². The standard InChI is InChI=1S/C17H14N4O4/c22-13(9-19-8-12(7-18-19)21(24)25)10-20-15-6-2-4-11-3-1-5-14(16(11)15)17(20)23/h1-8,13,22H,9-10H2. The van der Waals surface area contributed by atoms with Crippen LogP contribution in [0.5, 0.6) is 0 Å². The SMILES string of the molecule is O=C1c2cccc3cccc(c23)N1CC(O)Cn1cc([N+](=O)[O-])cn1. The van der Waals surface area contributed by atoms with Crippen molar-refractivity contribution in [2.24, 2.45) is 0 Å². The van der Waals surface area contributed by atoms with Gasteiger partial charge in [-0.05, 0) is 17.5 Å². The van der Waals surface area contributed by atoms with Crippen LogP contribution < -0.4 is 4.90 Å². The lowest BCUT2D eigenvalue weighted by Gasteiger charge is -2.21. The Morgan fingerprint density at radius 1 is 1.20 bits per heavy atom. The van der Waals surface area contributed by atoms with Crippen molar-refractivity contribution in [3.05, 3.63) is 64.5 Å². The lowest BCUT2D eigenvalue weighted by Crippen LogP contribution is -2.37. The molecule has 3 aromatic rings. The number of aliphatic hydroxyl groups excluding tert-OH is 1. The van der Waals surface area contributed by atoms with Gasteiger partial charge in [-0.3, -0.25) is 19.6 Å². The number of carbonyl (C=O) groups is 1. The van der Waals surface area contributed by atoms with Crippen LogP contribution in [0.2, 0.25) is 0 Å². The molecule has 4 rings (SSSR count). The number of carbonyl (C=O) groups excluding carboxylic acids is 1. The lowest BCUT2D eigenvalue weighted by molar-refractivity contribution is -0.385. The van der Waals surface area contributed by atoms with Gasteiger partial charge in [0.15, 0.2) is 0 Å². The molecule has 1 N–H and O–H groups in total. The molecular weight excluding hydrogens is 324 g/mol. The summed E-state index contributed by atoms with van der Waals surface area (Å²) in [4.78, 5) is 24.4. The van der Waals surface area contributed by atoms with E-state index < -0.39 is 11.0 Å². The molecule has 0 spiro atoms. The molecule has 2 heterocycles. The third kappa shape index (κ3) is 2.52. The molecule has 1 aromatic heterocycles. The van der Waals surface area contributed by atoms with E-state index >= 15 is 0 Å². The van der Waals surface area contributed by atoms with Crippen molar-refractivity contribution in [3.8, 4) is 0 Å². The van der Waals surface area contributed by atoms with Crippen LogP contribution in [0.1, 0.15) is 10.4 Å². The monoisotopic (exact) mass is 338 g/mol. The van der Waals surface area contributed by atoms with Gasteiger partial charge >= 0.3 is 5.69 Å². The van der Waals surface area contributed by atoms with Gasteiger partial charge < -0.3 is 10.0 Å². The molecule has 0 fully saturated rings. The molecule has 2 aromatic carbocycles. The second-order valence-corrected chi connectivity index (χ2v) is 5.93. The summed E-state index contributed by atoms with van der Waals surface area (Å²) in [5.41, 5.74) is 1.25. The van der Waals surface area contributed by atoms with E-state index in [-0.39, 0.29) is 24.7 Å². The summed E-state index contributed by atoms with van der Waals surface area (Å²) in [5.74, 6) is -0.155. The average molecular weight is 338 g/mol. The van der Waals surface area contributed by atoms with Crippen LogP contribution in [0.4, 0.5) is 11.4 Å². The fraction of sp³-hybridized carbons (Fsp3) is 0.176. The zero-order valence-corrected chi connectivity index (χ0v) is 13.1. The van der Waals surface area contributed by atoms with Crippen molar-refractivity contribution in [1.29, 1.82) is 0 Å². The Kier molecular flexibility index (Phi) is 3.47. The first-order valence-corrected chi connectivity index (χ1v) is 7.73. The maximum atomic E-state index is 12.7. The largest absolute Gasteiger partial charge is 0.389 e. The van der Waals surface area contributed by atoms with Crippen LogP contribution in [-0.2, 0) is 6.54 Å². The third-order valence-corrected chi connectivity index (χ3v) is 4.27. The van der Waals surface area contributed by atoms with Gasteiger partial charge in [-0.25, -0.2) is 0 Å². The molecule has 0 bridgehead atoms. The Labute approximate surface area is 142 Å². The van der Waals surface area contributed by atoms with E-state index in [1.807, 2.05) is 30.3 Å². The maximum absolute atomic E-state index is 12.7. The van der Waals surface area contributed by atoms with Crippen LogP contribution in [0.15, 0.2) is 48.8 Å². The summed E-state index contributed by atoms with van der Waals surface area (Å²) in [6.45, 7) is 0.143. The highest BCUT2D eigenvalue weighted by Gasteiger charge is 2.30. The number of amides is 1. The Morgan fingerprint density at radius 3 is 2.68 bits per heavy atom. The van der Waals surface area contributed by atoms with E-state index in [4.69, 9.17) is 0 Å². The number of aliphatic hydroxyl groups is 1. The van der Waals surface area contributed by atoms with Gasteiger partial charge in [-0.1, -0.05) is 24.3 Å². The number of benzene rings is 2. The van der Waals surface area contributed by atoms with Crippen molar-refractivity contribution >= 4 is 28.1 Å². The first kappa shape index (κ1) is 15.3. The lowest BCUT2D eigenvalue weighted by atomic mass is 10.1. The normalized spacial score (nSPS) is 14.3. The van der Waals surface area contributed by atoms with E-state index in [1.54, 1.807) is 11.0 Å². The number of β-amino-alcohol motifs (C(OH)–C–C–N with tert-alkyl or cyclic N) is 1. The molecule has 8 nitrogen and oxygen atoms in total. The maximum Gasteiger partial charge on any atom is 0.306 e. The Balaban J connectivity index is 1.56. The summed E-state index contributed by atoms with van der Waals surface area (Å²) < 4.78 is 1.30. The molecule has 0 saturated carbocycles. The summed E-state index contributed by atoms with van der Waals surface area (Å²) in [6.07, 6.45) is 1.47. The second kappa shape index (κ2) is 5.67. The van der Waals surface area contributed by atoms with Crippen LogP contribution in [0.3, 0.4) is 0 Å². The number of anilines is 1. The van der Waals surface area contributed by atoms with Crippen molar-refractivity contribution in [2.45, 2.75) is 12.6 Å². The zero-order valence-electron chi connectivity index (χ0n) is 13.1. The quantitative estimate of drug-likeness (QED) is 0.566. The fourth-order valence-corrected chi connectivity index (χ4v) is 3.19. The third-order valence-electron chi connectivity index (χ3n) is 4.27. The van der Waals surface area contributed by atoms with E-state index in [0.717, 1.165) is 22.7 Å². The molecule has 0 saturated heterocycles. The van der Waals surface area contributed by atoms with Gasteiger partial charge in [0, 0.05) is 10.9 Å². The Hall–Kier alpha value is -3.26. The molecule has 126 valence electrons. The van der Waals surface area contributed by atoms with Crippen molar-refractivity contribution < 1.29 is 14.8 Å². The van der Waals surface area contributed by atoms with Crippen LogP contribution in [0, 0.1) is 10.1 Å². The highest BCUT2D eigenvalue weighted by Crippen LogP contribution is 2.37. The molecule has 0 aliphatic carbocycles. The summed E-state index contributed by atoms with van der Waals surface area (Å²) in [6, 6.07) is 11.2. The number of rotatable bonds is 5. The van der Waals surface area contributed by atoms with Gasteiger partial charge in [0.1, 0.15) is 12.4 Å². The van der Waals surface area contributed by atoms with Crippen LogP contribution >= 0.6 is 0 Å². The number of nitrogens with zero attached hydrogens (tertiary/aromatic N) is 4. The number of hydrogen-bond donors (Lipinski definition) is 1. The predicted octanol–water partition coefficient (Wildman–Crippen LogP) is 1.97. The predicted molar refractivity (Wildman–Crippen MR) is 90.5 cm³/mol. The molecule has 0 radical (unpaired) electrons. The second-order valence-electron chi connectivity index (χ2n) is 5.93. The minimum absolute atomic E-state index is 0.0595. The fourth-order valence-electron chi connectivity index (χ4n) is 3.19. The van der Waals surface area contributed by atoms with Crippen LogP contribution in [-0.4, -0.2) is 38.4 Å². The molecule has 1 atom stereocenters. The van der Waals surface area contributed by atoms with Gasteiger partial charge in [-0.2, -0.15) is 5.10 Å². The summed E-state index contributed by atoms with van der Waals surface area (Å²) in [5, 5.41) is 26.8. The van der Waals surface area contributed by atoms with E-state index in [9.17, 15) is 20.0 Å². The van der Waals surface area contributed by atoms with Crippen molar-refractivity contribution in [3.63, 3.8) is 0 Å². The highest BCUT2D eigenvalue weighted by molar-refractivity contribution is 6.25. The Morgan fingerprint density at radius 2 is 1.96 bits per heavy atom. The number of nitro groups is 1. The molecular formula is C17H14N4O4. The Bertz CT molecular complexity index is 992. The molecule has 1 amide bonds. The van der Waals surface area contributed by atoms with Gasteiger partial charge in [-0.15, -0.1) is 0 Å². The van der Waals surface area contributed by atoms with Gasteiger partial charge in [0.2, 0.25) is 0 Å². The zero-order chi connectivity index (χ0) is 17.6. The number of aromatic nitrogens is 2. The minimum Gasteiger partial charge on any atom is -0.389 e. The highest BCUT2D eigenvalue weighted by atomic mass is 16.6.